The van der Waals surface area contributed by atoms with E-state index in [1.54, 1.807) is 11.8 Å². The lowest BCUT2D eigenvalue weighted by molar-refractivity contribution is -0.141. The molecule has 0 bridgehead atoms. The quantitative estimate of drug-likeness (QED) is 0.814. The lowest BCUT2D eigenvalue weighted by atomic mass is 10.1. The van der Waals surface area contributed by atoms with Gasteiger partial charge < -0.3 is 10.4 Å². The lowest BCUT2D eigenvalue weighted by Crippen LogP contribution is -2.52. The average molecular weight is 288 g/mol. The molecule has 2 amide bonds. The Balaban J connectivity index is 2.72. The van der Waals surface area contributed by atoms with Gasteiger partial charge in [0, 0.05) is 12.3 Å². The second kappa shape index (κ2) is 7.03. The fourth-order valence-electron chi connectivity index (χ4n) is 1.99. The summed E-state index contributed by atoms with van der Waals surface area (Å²) >= 11 is 1.55. The number of carbonyl (C=O) groups is 2. The summed E-state index contributed by atoms with van der Waals surface area (Å²) < 4.78 is 0. The van der Waals surface area contributed by atoms with E-state index in [1.165, 1.54) is 4.90 Å². The molecule has 19 heavy (non-hydrogen) atoms. The maximum absolute atomic E-state index is 12.2. The molecule has 0 aromatic rings. The largest absolute Gasteiger partial charge is 0.480 e. The van der Waals surface area contributed by atoms with Gasteiger partial charge >= 0.3 is 12.0 Å². The molecule has 0 spiro atoms. The number of rotatable bonds is 5. The molecule has 3 atom stereocenters. The first-order valence-corrected chi connectivity index (χ1v) is 7.83. The van der Waals surface area contributed by atoms with Crippen LogP contribution in [0.2, 0.25) is 0 Å². The van der Waals surface area contributed by atoms with Crippen LogP contribution in [0.25, 0.3) is 0 Å². The summed E-state index contributed by atoms with van der Waals surface area (Å²) in [5.74, 6) is 0.188. The number of hydrogen-bond acceptors (Lipinski definition) is 3. The van der Waals surface area contributed by atoms with Crippen molar-refractivity contribution < 1.29 is 14.7 Å². The second-order valence-corrected chi connectivity index (χ2v) is 6.58. The van der Waals surface area contributed by atoms with Crippen molar-refractivity contribution in [3.63, 3.8) is 0 Å². The minimum absolute atomic E-state index is 0.0574. The molecule has 0 radical (unpaired) electrons. The van der Waals surface area contributed by atoms with Gasteiger partial charge in [0.2, 0.25) is 0 Å². The van der Waals surface area contributed by atoms with E-state index in [0.717, 1.165) is 6.42 Å². The van der Waals surface area contributed by atoms with Crippen molar-refractivity contribution in [1.82, 2.24) is 10.2 Å². The van der Waals surface area contributed by atoms with E-state index >= 15 is 0 Å². The Kier molecular flexibility index (Phi) is 5.97. The highest BCUT2D eigenvalue weighted by Crippen LogP contribution is 2.34. The van der Waals surface area contributed by atoms with Crippen LogP contribution in [0.15, 0.2) is 0 Å². The normalized spacial score (nSPS) is 24.6. The van der Waals surface area contributed by atoms with Crippen molar-refractivity contribution in [3.8, 4) is 0 Å². The van der Waals surface area contributed by atoms with Gasteiger partial charge in [0.05, 0.1) is 5.37 Å². The van der Waals surface area contributed by atoms with Crippen molar-refractivity contribution in [3.05, 3.63) is 0 Å². The van der Waals surface area contributed by atoms with Crippen molar-refractivity contribution in [2.24, 2.45) is 11.8 Å². The van der Waals surface area contributed by atoms with Crippen LogP contribution in [-0.2, 0) is 4.79 Å². The van der Waals surface area contributed by atoms with Crippen LogP contribution in [0.4, 0.5) is 4.79 Å². The number of carbonyl (C=O) groups excluding carboxylic acids is 1. The van der Waals surface area contributed by atoms with E-state index in [4.69, 9.17) is 0 Å². The minimum Gasteiger partial charge on any atom is -0.480 e. The fourth-order valence-corrected chi connectivity index (χ4v) is 3.46. The summed E-state index contributed by atoms with van der Waals surface area (Å²) in [6.07, 6.45) is 0.991. The van der Waals surface area contributed by atoms with E-state index in [1.807, 2.05) is 13.8 Å². The molecular formula is C13H24N2O3S. The van der Waals surface area contributed by atoms with Gasteiger partial charge in [-0.1, -0.05) is 34.1 Å². The zero-order valence-corrected chi connectivity index (χ0v) is 12.9. The molecule has 1 fully saturated rings. The highest BCUT2D eigenvalue weighted by Gasteiger charge is 2.42. The van der Waals surface area contributed by atoms with E-state index in [0.29, 0.717) is 18.2 Å². The summed E-state index contributed by atoms with van der Waals surface area (Å²) in [4.78, 5) is 25.0. The number of nitrogens with one attached hydrogen (secondary N) is 1. The summed E-state index contributed by atoms with van der Waals surface area (Å²) in [5.41, 5.74) is 0. The average Bonchev–Trinajstić information content (AvgIpc) is 2.80. The molecule has 0 aromatic heterocycles. The van der Waals surface area contributed by atoms with Gasteiger partial charge in [0.25, 0.3) is 0 Å². The summed E-state index contributed by atoms with van der Waals surface area (Å²) in [5, 5.41) is 12.0. The molecular weight excluding hydrogens is 264 g/mol. The van der Waals surface area contributed by atoms with E-state index in [9.17, 15) is 14.7 Å². The van der Waals surface area contributed by atoms with Crippen molar-refractivity contribution in [2.45, 2.75) is 45.5 Å². The highest BCUT2D eigenvalue weighted by atomic mass is 32.2. The Morgan fingerprint density at radius 2 is 2.05 bits per heavy atom. The van der Waals surface area contributed by atoms with E-state index in [-0.39, 0.29) is 17.3 Å². The predicted octanol–water partition coefficient (Wildman–Crippen LogP) is 2.23. The van der Waals surface area contributed by atoms with Gasteiger partial charge in [-0.15, -0.1) is 11.8 Å². The smallest absolute Gasteiger partial charge is 0.327 e. The zero-order chi connectivity index (χ0) is 14.6. The second-order valence-electron chi connectivity index (χ2n) is 5.43. The number of thioether (sulfide) groups is 1. The predicted molar refractivity (Wildman–Crippen MR) is 77.2 cm³/mol. The molecule has 1 saturated heterocycles. The Labute approximate surface area is 119 Å². The molecule has 110 valence electrons. The van der Waals surface area contributed by atoms with Crippen LogP contribution in [-0.4, -0.2) is 45.7 Å². The van der Waals surface area contributed by atoms with Gasteiger partial charge in [0.15, 0.2) is 0 Å². The number of hydrogen-bond donors (Lipinski definition) is 2. The molecule has 1 rings (SSSR count). The van der Waals surface area contributed by atoms with Crippen LogP contribution in [0.1, 0.15) is 34.1 Å². The third-order valence-corrected chi connectivity index (χ3v) is 5.04. The number of urea groups is 1. The van der Waals surface area contributed by atoms with Gasteiger partial charge in [0.1, 0.15) is 6.04 Å². The Bertz CT molecular complexity index is 336. The van der Waals surface area contributed by atoms with Crippen LogP contribution in [0.3, 0.4) is 0 Å². The lowest BCUT2D eigenvalue weighted by Gasteiger charge is -2.30. The molecule has 5 nitrogen and oxygen atoms in total. The van der Waals surface area contributed by atoms with E-state index in [2.05, 4.69) is 19.2 Å². The number of nitrogens with zero attached hydrogens (tertiary/aromatic N) is 1. The first kappa shape index (κ1) is 16.1. The fraction of sp³-hybridized carbons (Fsp3) is 0.846. The van der Waals surface area contributed by atoms with Gasteiger partial charge in [-0.05, 0) is 11.8 Å². The molecule has 6 heteroatoms. The third kappa shape index (κ3) is 4.03. The Hall–Kier alpha value is -0.910. The maximum Gasteiger partial charge on any atom is 0.327 e. The van der Waals surface area contributed by atoms with Crippen molar-refractivity contribution >= 4 is 23.8 Å². The van der Waals surface area contributed by atoms with Crippen LogP contribution >= 0.6 is 11.8 Å². The number of aliphatic carboxylic acids is 1. The summed E-state index contributed by atoms with van der Waals surface area (Å²) in [6.45, 7) is 8.74. The minimum atomic E-state index is -0.922. The topological polar surface area (TPSA) is 69.6 Å². The molecule has 1 aliphatic heterocycles. The molecule has 0 saturated carbocycles. The Morgan fingerprint density at radius 1 is 1.42 bits per heavy atom. The van der Waals surface area contributed by atoms with Crippen LogP contribution < -0.4 is 5.32 Å². The number of carboxylic acid groups (broad SMARTS) is 1. The standard InChI is InChI=1S/C13H24N2O3S/c1-5-9(4)6-14-13(18)15-10(12(16)17)7-19-11(15)8(2)3/h8-11H,5-7H2,1-4H3,(H,14,18)(H,16,17). The molecule has 0 aliphatic carbocycles. The number of amides is 2. The molecule has 1 aliphatic rings. The van der Waals surface area contributed by atoms with Gasteiger partial charge in [-0.25, -0.2) is 9.59 Å². The monoisotopic (exact) mass is 288 g/mol. The van der Waals surface area contributed by atoms with E-state index < -0.39 is 12.0 Å². The van der Waals surface area contributed by atoms with Crippen molar-refractivity contribution in [2.75, 3.05) is 12.3 Å². The highest BCUT2D eigenvalue weighted by molar-refractivity contribution is 8.00. The van der Waals surface area contributed by atoms with Crippen LogP contribution in [0, 0.1) is 11.8 Å². The van der Waals surface area contributed by atoms with Gasteiger partial charge in [-0.2, -0.15) is 0 Å². The number of carboxylic acids is 1. The zero-order valence-electron chi connectivity index (χ0n) is 12.0. The first-order chi connectivity index (χ1) is 8.88. The maximum atomic E-state index is 12.2. The van der Waals surface area contributed by atoms with Crippen molar-refractivity contribution in [1.29, 1.82) is 0 Å². The van der Waals surface area contributed by atoms with Crippen LogP contribution in [0.5, 0.6) is 0 Å². The Morgan fingerprint density at radius 3 is 2.53 bits per heavy atom. The third-order valence-electron chi connectivity index (χ3n) is 3.42. The molecule has 0 aromatic carbocycles. The summed E-state index contributed by atoms with van der Waals surface area (Å²) in [6, 6.07) is -0.967. The SMILES string of the molecule is CCC(C)CNC(=O)N1C(C(=O)O)CSC1C(C)C. The molecule has 2 N–H and O–H groups in total. The molecule has 3 unspecified atom stereocenters. The molecule has 1 heterocycles. The summed E-state index contributed by atoms with van der Waals surface area (Å²) in [7, 11) is 0. The first-order valence-electron chi connectivity index (χ1n) is 6.79. The van der Waals surface area contributed by atoms with Gasteiger partial charge in [-0.3, -0.25) is 4.90 Å².